The van der Waals surface area contributed by atoms with Crippen molar-refractivity contribution in [2.45, 2.75) is 0 Å². The zero-order chi connectivity index (χ0) is 13.9. The lowest BCUT2D eigenvalue weighted by Crippen LogP contribution is -2.00. The number of hydrogen-bond acceptors (Lipinski definition) is 5. The largest absolute Gasteiger partial charge is 0.271 e. The minimum Gasteiger partial charge on any atom is -0.264 e. The molecule has 2 heterocycles. The van der Waals surface area contributed by atoms with Gasteiger partial charge in [-0.25, -0.2) is 4.68 Å². The van der Waals surface area contributed by atoms with Crippen molar-refractivity contribution >= 4 is 5.69 Å². The topological polar surface area (TPSA) is 86.7 Å². The zero-order valence-electron chi connectivity index (χ0n) is 10.2. The van der Waals surface area contributed by atoms with Gasteiger partial charge in [-0.1, -0.05) is 11.3 Å². The lowest BCUT2D eigenvalue weighted by Gasteiger charge is -2.05. The van der Waals surface area contributed by atoms with E-state index in [-0.39, 0.29) is 5.69 Å². The summed E-state index contributed by atoms with van der Waals surface area (Å²) in [6, 6.07) is 9.92. The van der Waals surface area contributed by atoms with Gasteiger partial charge in [0.05, 0.1) is 22.5 Å². The fourth-order valence-corrected chi connectivity index (χ4v) is 1.88. The second kappa shape index (κ2) is 4.88. The van der Waals surface area contributed by atoms with E-state index >= 15 is 0 Å². The summed E-state index contributed by atoms with van der Waals surface area (Å²) in [4.78, 5) is 14.4. The van der Waals surface area contributed by atoms with Crippen molar-refractivity contribution in [1.82, 2.24) is 20.0 Å². The van der Waals surface area contributed by atoms with Gasteiger partial charge in [-0.3, -0.25) is 15.1 Å². The first-order chi connectivity index (χ1) is 9.75. The molecule has 0 unspecified atom stereocenters. The lowest BCUT2D eigenvalue weighted by atomic mass is 10.2. The van der Waals surface area contributed by atoms with Gasteiger partial charge in [-0.15, -0.1) is 5.10 Å². The molecule has 0 atom stereocenters. The van der Waals surface area contributed by atoms with Gasteiger partial charge in [0, 0.05) is 30.1 Å². The first-order valence-electron chi connectivity index (χ1n) is 5.81. The van der Waals surface area contributed by atoms with Gasteiger partial charge in [-0.05, 0) is 18.2 Å². The van der Waals surface area contributed by atoms with Crippen LogP contribution in [0.3, 0.4) is 0 Å². The van der Waals surface area contributed by atoms with Gasteiger partial charge in [0.2, 0.25) is 0 Å². The van der Waals surface area contributed by atoms with Crippen LogP contribution in [0, 0.1) is 10.1 Å². The van der Waals surface area contributed by atoms with Gasteiger partial charge in [-0.2, -0.15) is 0 Å². The summed E-state index contributed by atoms with van der Waals surface area (Å²) in [6.07, 6.45) is 4.95. The summed E-state index contributed by atoms with van der Waals surface area (Å²) < 4.78 is 1.55. The smallest absolute Gasteiger partial charge is 0.264 e. The van der Waals surface area contributed by atoms with E-state index in [0.29, 0.717) is 5.69 Å². The number of non-ortho nitro benzene ring substituents is 1. The molecule has 7 heteroatoms. The third kappa shape index (κ3) is 2.12. The second-order valence-electron chi connectivity index (χ2n) is 4.05. The standard InChI is InChI=1S/C13H9N5O2/c19-18(20)12-5-1-4-11(7-12)17-13(9-15-16-17)10-3-2-6-14-8-10/h1-9H. The molecular weight excluding hydrogens is 258 g/mol. The Hall–Kier alpha value is -3.09. The molecule has 0 bridgehead atoms. The van der Waals surface area contributed by atoms with E-state index in [4.69, 9.17) is 0 Å². The zero-order valence-corrected chi connectivity index (χ0v) is 10.2. The summed E-state index contributed by atoms with van der Waals surface area (Å²) in [7, 11) is 0. The van der Waals surface area contributed by atoms with Crippen LogP contribution in [0.1, 0.15) is 0 Å². The molecule has 0 saturated carbocycles. The Morgan fingerprint density at radius 2 is 2.05 bits per heavy atom. The van der Waals surface area contributed by atoms with E-state index in [9.17, 15) is 10.1 Å². The van der Waals surface area contributed by atoms with Crippen molar-refractivity contribution in [3.63, 3.8) is 0 Å². The van der Waals surface area contributed by atoms with Crippen LogP contribution in [0.15, 0.2) is 55.0 Å². The molecule has 0 radical (unpaired) electrons. The van der Waals surface area contributed by atoms with Gasteiger partial charge in [0.15, 0.2) is 0 Å². The Kier molecular flexibility index (Phi) is 2.92. The molecule has 0 aliphatic carbocycles. The van der Waals surface area contributed by atoms with Gasteiger partial charge in [0.1, 0.15) is 0 Å². The fraction of sp³-hybridized carbons (Fsp3) is 0. The summed E-state index contributed by atoms with van der Waals surface area (Å²) in [5, 5.41) is 18.7. The number of rotatable bonds is 3. The molecule has 0 aliphatic rings. The highest BCUT2D eigenvalue weighted by molar-refractivity contribution is 5.60. The highest BCUT2D eigenvalue weighted by Gasteiger charge is 2.12. The van der Waals surface area contributed by atoms with E-state index in [1.54, 1.807) is 41.5 Å². The van der Waals surface area contributed by atoms with Crippen molar-refractivity contribution in [2.75, 3.05) is 0 Å². The Labute approximate surface area is 113 Å². The third-order valence-electron chi connectivity index (χ3n) is 2.79. The lowest BCUT2D eigenvalue weighted by molar-refractivity contribution is -0.384. The number of nitrogens with zero attached hydrogens (tertiary/aromatic N) is 5. The molecular formula is C13H9N5O2. The van der Waals surface area contributed by atoms with Crippen molar-refractivity contribution in [1.29, 1.82) is 0 Å². The number of pyridine rings is 1. The molecule has 3 rings (SSSR count). The monoisotopic (exact) mass is 267 g/mol. The van der Waals surface area contributed by atoms with E-state index in [1.165, 1.54) is 12.1 Å². The third-order valence-corrected chi connectivity index (χ3v) is 2.79. The van der Waals surface area contributed by atoms with Gasteiger partial charge >= 0.3 is 0 Å². The van der Waals surface area contributed by atoms with Crippen molar-refractivity contribution < 1.29 is 4.92 Å². The number of nitro groups is 1. The molecule has 0 amide bonds. The van der Waals surface area contributed by atoms with Crippen molar-refractivity contribution in [3.05, 3.63) is 65.1 Å². The summed E-state index contributed by atoms with van der Waals surface area (Å²) in [5.41, 5.74) is 2.15. The minimum absolute atomic E-state index is 0.00939. The van der Waals surface area contributed by atoms with Crippen LogP contribution in [0.4, 0.5) is 5.69 Å². The molecule has 7 nitrogen and oxygen atoms in total. The molecule has 20 heavy (non-hydrogen) atoms. The maximum absolute atomic E-state index is 10.8. The van der Waals surface area contributed by atoms with E-state index in [2.05, 4.69) is 15.3 Å². The molecule has 2 aromatic heterocycles. The Morgan fingerprint density at radius 3 is 2.80 bits per heavy atom. The summed E-state index contributed by atoms with van der Waals surface area (Å²) in [6.45, 7) is 0. The predicted molar refractivity (Wildman–Crippen MR) is 71.2 cm³/mol. The fourth-order valence-electron chi connectivity index (χ4n) is 1.88. The molecule has 0 spiro atoms. The average molecular weight is 267 g/mol. The Morgan fingerprint density at radius 1 is 1.15 bits per heavy atom. The van der Waals surface area contributed by atoms with Crippen LogP contribution >= 0.6 is 0 Å². The molecule has 0 fully saturated rings. The Bertz CT molecular complexity index is 754. The first kappa shape index (κ1) is 12.0. The van der Waals surface area contributed by atoms with E-state index in [1.807, 2.05) is 6.07 Å². The van der Waals surface area contributed by atoms with Crippen LogP contribution in [-0.2, 0) is 0 Å². The number of aromatic nitrogens is 4. The molecule has 0 saturated heterocycles. The maximum atomic E-state index is 10.8. The summed E-state index contributed by atoms with van der Waals surface area (Å²) >= 11 is 0. The summed E-state index contributed by atoms with van der Waals surface area (Å²) in [5.74, 6) is 0. The van der Waals surface area contributed by atoms with Gasteiger partial charge < -0.3 is 0 Å². The molecule has 0 N–H and O–H groups in total. The first-order valence-corrected chi connectivity index (χ1v) is 5.81. The second-order valence-corrected chi connectivity index (χ2v) is 4.05. The highest BCUT2D eigenvalue weighted by Crippen LogP contribution is 2.22. The van der Waals surface area contributed by atoms with E-state index in [0.717, 1.165) is 11.3 Å². The highest BCUT2D eigenvalue weighted by atomic mass is 16.6. The molecule has 1 aromatic carbocycles. The predicted octanol–water partition coefficient (Wildman–Crippen LogP) is 2.24. The number of nitro benzene ring substituents is 1. The molecule has 98 valence electrons. The van der Waals surface area contributed by atoms with Crippen LogP contribution < -0.4 is 0 Å². The molecule has 0 aliphatic heterocycles. The maximum Gasteiger partial charge on any atom is 0.271 e. The van der Waals surface area contributed by atoms with Crippen LogP contribution in [-0.4, -0.2) is 24.9 Å². The van der Waals surface area contributed by atoms with Crippen LogP contribution in [0.25, 0.3) is 16.9 Å². The van der Waals surface area contributed by atoms with Crippen LogP contribution in [0.5, 0.6) is 0 Å². The normalized spacial score (nSPS) is 10.4. The SMILES string of the molecule is O=[N+]([O-])c1cccc(-n2nncc2-c2cccnc2)c1. The van der Waals surface area contributed by atoms with Crippen molar-refractivity contribution in [2.24, 2.45) is 0 Å². The van der Waals surface area contributed by atoms with Crippen LogP contribution in [0.2, 0.25) is 0 Å². The van der Waals surface area contributed by atoms with Gasteiger partial charge in [0.25, 0.3) is 5.69 Å². The number of hydrogen-bond donors (Lipinski definition) is 0. The quantitative estimate of drug-likeness (QED) is 0.536. The van der Waals surface area contributed by atoms with Crippen molar-refractivity contribution in [3.8, 4) is 16.9 Å². The molecule has 3 aromatic rings. The number of benzene rings is 1. The minimum atomic E-state index is -0.440. The van der Waals surface area contributed by atoms with E-state index < -0.39 is 4.92 Å². The average Bonchev–Trinajstić information content (AvgIpc) is 2.98. The Balaban J connectivity index is 2.10.